The molecule has 4 rings (SSSR count). The lowest BCUT2D eigenvalue weighted by molar-refractivity contribution is -0.137. The summed E-state index contributed by atoms with van der Waals surface area (Å²) in [5, 5.41) is 2.53. The van der Waals surface area contributed by atoms with Crippen LogP contribution in [0, 0.1) is 12.7 Å². The van der Waals surface area contributed by atoms with Crippen LogP contribution in [0.2, 0.25) is 0 Å². The Morgan fingerprint density at radius 3 is 2.22 bits per heavy atom. The highest BCUT2D eigenvalue weighted by molar-refractivity contribution is 7.91. The van der Waals surface area contributed by atoms with Gasteiger partial charge in [-0.1, -0.05) is 18.2 Å². The van der Waals surface area contributed by atoms with E-state index in [-0.39, 0.29) is 32.6 Å². The van der Waals surface area contributed by atoms with Crippen LogP contribution in [0.5, 0.6) is 0 Å². The summed E-state index contributed by atoms with van der Waals surface area (Å²) in [7, 11) is -3.44. The first-order valence-electron chi connectivity index (χ1n) is 11.9. The highest BCUT2D eigenvalue weighted by Gasteiger charge is 2.32. The van der Waals surface area contributed by atoms with E-state index in [0.29, 0.717) is 5.56 Å². The molecule has 0 aliphatic carbocycles. The van der Waals surface area contributed by atoms with E-state index < -0.39 is 55.6 Å². The van der Waals surface area contributed by atoms with Gasteiger partial charge >= 0.3 is 6.18 Å². The Kier molecular flexibility index (Phi) is 8.43. The van der Waals surface area contributed by atoms with Gasteiger partial charge in [-0.3, -0.25) is 14.2 Å². The lowest BCUT2D eigenvalue weighted by atomic mass is 10.1. The highest BCUT2D eigenvalue weighted by Crippen LogP contribution is 2.31. The molecule has 0 fully saturated rings. The summed E-state index contributed by atoms with van der Waals surface area (Å²) in [4.78, 5) is 26.9. The number of alkyl halides is 3. The number of hydrogen-bond donors (Lipinski definition) is 1. The standard InChI is InChI=1S/C28H22F4N2O5S2/c1-17-25(40(37)22-10-8-20(29)9-11-22)15-24(26(35)33-16-18-6-12-23(13-7-18)41(2,38)39)27(36)34(17)21-5-3-4-19(14-21)28(30,31)32/h3-15H,16H2,1-2H3,(H,33,35). The van der Waals surface area contributed by atoms with E-state index in [0.717, 1.165) is 47.2 Å². The largest absolute Gasteiger partial charge is 0.606 e. The van der Waals surface area contributed by atoms with Crippen LogP contribution in [0.15, 0.2) is 98.3 Å². The molecule has 1 heterocycles. The van der Waals surface area contributed by atoms with Gasteiger partial charge in [-0.15, -0.1) is 0 Å². The second-order valence-electron chi connectivity index (χ2n) is 9.02. The molecule has 41 heavy (non-hydrogen) atoms. The van der Waals surface area contributed by atoms with Crippen LogP contribution in [0.1, 0.15) is 27.2 Å². The number of rotatable bonds is 7. The first-order valence-corrected chi connectivity index (χ1v) is 14.9. The Hall–Kier alpha value is -3.94. The molecule has 7 nitrogen and oxygen atoms in total. The molecule has 1 N–H and O–H groups in total. The van der Waals surface area contributed by atoms with Crippen molar-refractivity contribution < 1.29 is 35.3 Å². The predicted octanol–water partition coefficient (Wildman–Crippen LogP) is 4.80. The van der Waals surface area contributed by atoms with Crippen LogP contribution < -0.4 is 10.9 Å². The minimum atomic E-state index is -4.71. The first-order chi connectivity index (χ1) is 19.2. The van der Waals surface area contributed by atoms with Crippen LogP contribution in [0.3, 0.4) is 0 Å². The van der Waals surface area contributed by atoms with Crippen molar-refractivity contribution in [3.05, 3.63) is 117 Å². The second kappa shape index (κ2) is 11.5. The second-order valence-corrected chi connectivity index (χ2v) is 12.5. The van der Waals surface area contributed by atoms with Gasteiger partial charge in [0.2, 0.25) is 0 Å². The maximum Gasteiger partial charge on any atom is 0.416 e. The molecule has 0 aliphatic rings. The fourth-order valence-corrected chi connectivity index (χ4v) is 5.83. The molecule has 13 heteroatoms. The van der Waals surface area contributed by atoms with Crippen molar-refractivity contribution in [3.8, 4) is 5.69 Å². The monoisotopic (exact) mass is 606 g/mol. The first kappa shape index (κ1) is 30.0. The summed E-state index contributed by atoms with van der Waals surface area (Å²) in [5.74, 6) is -1.48. The minimum absolute atomic E-state index is 0.0184. The lowest BCUT2D eigenvalue weighted by Gasteiger charge is -2.19. The predicted molar refractivity (Wildman–Crippen MR) is 144 cm³/mol. The minimum Gasteiger partial charge on any atom is -0.606 e. The molecule has 0 aliphatic heterocycles. The SMILES string of the molecule is Cc1c([S+]([O-])c2ccc(F)cc2)cc(C(=O)NCc2ccc(S(C)(=O)=O)cc2)c(=O)n1-c1cccc(C(F)(F)F)c1. The van der Waals surface area contributed by atoms with Gasteiger partial charge in [-0.2, -0.15) is 13.2 Å². The van der Waals surface area contributed by atoms with Crippen molar-refractivity contribution in [1.82, 2.24) is 9.88 Å². The number of carbonyl (C=O) groups is 1. The number of sulfone groups is 1. The quantitative estimate of drug-likeness (QED) is 0.240. The molecule has 0 saturated heterocycles. The van der Waals surface area contributed by atoms with Crippen LogP contribution in [0.4, 0.5) is 17.6 Å². The third-order valence-electron chi connectivity index (χ3n) is 6.11. The molecule has 3 aromatic carbocycles. The van der Waals surface area contributed by atoms with Gasteiger partial charge in [0.25, 0.3) is 11.5 Å². The van der Waals surface area contributed by atoms with Crippen LogP contribution in [-0.2, 0) is 33.7 Å². The third kappa shape index (κ3) is 6.69. The van der Waals surface area contributed by atoms with Crippen LogP contribution >= 0.6 is 0 Å². The Bertz CT molecular complexity index is 1770. The molecule has 4 aromatic rings. The number of halogens is 4. The number of carbonyl (C=O) groups excluding carboxylic acids is 1. The van der Waals surface area contributed by atoms with Gasteiger partial charge in [0, 0.05) is 35.7 Å². The fraction of sp³-hybridized carbons (Fsp3) is 0.143. The van der Waals surface area contributed by atoms with Crippen molar-refractivity contribution in [2.75, 3.05) is 6.26 Å². The highest BCUT2D eigenvalue weighted by atomic mass is 32.2. The molecule has 1 unspecified atom stereocenters. The van der Waals surface area contributed by atoms with Crippen molar-refractivity contribution in [2.24, 2.45) is 0 Å². The molecule has 1 aromatic heterocycles. The van der Waals surface area contributed by atoms with Crippen molar-refractivity contribution >= 4 is 26.9 Å². The van der Waals surface area contributed by atoms with Gasteiger partial charge in [-0.05, 0) is 67.1 Å². The number of nitrogens with one attached hydrogen (secondary N) is 1. The summed E-state index contributed by atoms with van der Waals surface area (Å²) in [6, 6.07) is 15.3. The zero-order valence-electron chi connectivity index (χ0n) is 21.5. The number of pyridine rings is 1. The molecule has 0 spiro atoms. The third-order valence-corrected chi connectivity index (χ3v) is 8.75. The lowest BCUT2D eigenvalue weighted by Crippen LogP contribution is -2.34. The Morgan fingerprint density at radius 1 is 1.00 bits per heavy atom. The number of benzene rings is 3. The average molecular weight is 607 g/mol. The molecule has 0 radical (unpaired) electrons. The molecule has 0 bridgehead atoms. The Labute approximate surface area is 235 Å². The molecule has 1 amide bonds. The van der Waals surface area contributed by atoms with Gasteiger partial charge in [0.05, 0.1) is 16.2 Å². The van der Waals surface area contributed by atoms with Crippen molar-refractivity contribution in [2.45, 2.75) is 34.3 Å². The van der Waals surface area contributed by atoms with Gasteiger partial charge in [0.1, 0.15) is 11.4 Å². The van der Waals surface area contributed by atoms with Crippen LogP contribution in [-0.4, -0.2) is 29.7 Å². The average Bonchev–Trinajstić information content (AvgIpc) is 2.91. The van der Waals surface area contributed by atoms with E-state index in [9.17, 15) is 40.1 Å². The number of amides is 1. The maximum atomic E-state index is 13.5. The normalized spacial score (nSPS) is 12.7. The van der Waals surface area contributed by atoms with E-state index >= 15 is 0 Å². The van der Waals surface area contributed by atoms with Crippen LogP contribution in [0.25, 0.3) is 5.69 Å². The zero-order valence-corrected chi connectivity index (χ0v) is 23.2. The zero-order chi connectivity index (χ0) is 30.1. The number of aromatic nitrogens is 1. The van der Waals surface area contributed by atoms with Gasteiger partial charge in [-0.25, -0.2) is 12.8 Å². The van der Waals surface area contributed by atoms with Crippen molar-refractivity contribution in [3.63, 3.8) is 0 Å². The summed E-state index contributed by atoms with van der Waals surface area (Å²) in [5.41, 5.74) is -2.16. The number of nitrogens with zero attached hydrogens (tertiary/aromatic N) is 1. The van der Waals surface area contributed by atoms with E-state index in [1.165, 1.54) is 49.4 Å². The summed E-state index contributed by atoms with van der Waals surface area (Å²) < 4.78 is 91.5. The molecular formula is C28H22F4N2O5S2. The van der Waals surface area contributed by atoms with Gasteiger partial charge < -0.3 is 9.87 Å². The summed E-state index contributed by atoms with van der Waals surface area (Å²) in [6.07, 6.45) is -3.67. The topological polar surface area (TPSA) is 108 Å². The Balaban J connectivity index is 1.79. The smallest absolute Gasteiger partial charge is 0.416 e. The molecule has 0 saturated carbocycles. The fourth-order valence-electron chi connectivity index (χ4n) is 3.98. The summed E-state index contributed by atoms with van der Waals surface area (Å²) >= 11 is -2.04. The number of hydrogen-bond acceptors (Lipinski definition) is 5. The van der Waals surface area contributed by atoms with E-state index in [2.05, 4.69) is 5.32 Å². The van der Waals surface area contributed by atoms with E-state index in [1.807, 2.05) is 0 Å². The molecule has 1 atom stereocenters. The molecule has 214 valence electrons. The van der Waals surface area contributed by atoms with Crippen molar-refractivity contribution in [1.29, 1.82) is 0 Å². The summed E-state index contributed by atoms with van der Waals surface area (Å²) in [6.45, 7) is 1.26. The van der Waals surface area contributed by atoms with E-state index in [1.54, 1.807) is 0 Å². The van der Waals surface area contributed by atoms with E-state index in [4.69, 9.17) is 0 Å². The maximum absolute atomic E-state index is 13.5. The van der Waals surface area contributed by atoms with Gasteiger partial charge in [0.15, 0.2) is 19.6 Å². The Morgan fingerprint density at radius 2 is 1.63 bits per heavy atom. The molecular weight excluding hydrogens is 584 g/mol.